The number of amides is 1. The fourth-order valence-electron chi connectivity index (χ4n) is 1.59. The Morgan fingerprint density at radius 2 is 2.21 bits per heavy atom. The molecule has 1 aromatic heterocycles. The second-order valence-electron chi connectivity index (χ2n) is 4.09. The van der Waals surface area contributed by atoms with Gasteiger partial charge in [0.15, 0.2) is 18.2 Å². The Morgan fingerprint density at radius 3 is 2.95 bits per heavy atom. The van der Waals surface area contributed by atoms with E-state index in [9.17, 15) is 4.79 Å². The van der Waals surface area contributed by atoms with E-state index in [1.54, 1.807) is 18.3 Å². The summed E-state index contributed by atoms with van der Waals surface area (Å²) >= 11 is 0. The Bertz CT molecular complexity index is 584. The molecule has 0 saturated carbocycles. The van der Waals surface area contributed by atoms with Gasteiger partial charge in [0, 0.05) is 11.9 Å². The zero-order valence-electron chi connectivity index (χ0n) is 10.6. The molecule has 0 aliphatic heterocycles. The zero-order chi connectivity index (χ0) is 13.7. The number of nitrogens with two attached hydrogens (primary N) is 1. The molecule has 0 aliphatic carbocycles. The fourth-order valence-corrected chi connectivity index (χ4v) is 1.59. The van der Waals surface area contributed by atoms with Crippen molar-refractivity contribution >= 4 is 17.4 Å². The lowest BCUT2D eigenvalue weighted by Crippen LogP contribution is -2.20. The van der Waals surface area contributed by atoms with E-state index in [1.165, 1.54) is 0 Å². The van der Waals surface area contributed by atoms with Gasteiger partial charge in [0.1, 0.15) is 0 Å². The maximum Gasteiger partial charge on any atom is 0.262 e. The Balaban J connectivity index is 1.90. The number of pyridine rings is 1. The molecule has 0 atom stereocenters. The van der Waals surface area contributed by atoms with Crippen molar-refractivity contribution < 1.29 is 9.53 Å². The number of hydrogen-bond acceptors (Lipinski definition) is 4. The maximum absolute atomic E-state index is 11.7. The summed E-state index contributed by atoms with van der Waals surface area (Å²) in [5, 5.41) is 2.75. The summed E-state index contributed by atoms with van der Waals surface area (Å²) in [7, 11) is 0. The van der Waals surface area contributed by atoms with Gasteiger partial charge in [0.25, 0.3) is 5.91 Å². The Kier molecular flexibility index (Phi) is 3.97. The van der Waals surface area contributed by atoms with Gasteiger partial charge in [-0.2, -0.15) is 0 Å². The number of ether oxygens (including phenoxy) is 1. The highest BCUT2D eigenvalue weighted by Gasteiger charge is 2.06. The molecule has 0 radical (unpaired) electrons. The molecule has 5 heteroatoms. The van der Waals surface area contributed by atoms with Gasteiger partial charge in [-0.25, -0.2) is 4.98 Å². The number of carbonyl (C=O) groups excluding carboxylic acids is 1. The number of nitrogens with zero attached hydrogens (tertiary/aromatic N) is 1. The highest BCUT2D eigenvalue weighted by molar-refractivity contribution is 5.92. The molecule has 2 rings (SSSR count). The van der Waals surface area contributed by atoms with E-state index >= 15 is 0 Å². The summed E-state index contributed by atoms with van der Waals surface area (Å²) in [6.07, 6.45) is 1.56. The molecule has 0 unspecified atom stereocenters. The molecular weight excluding hydrogens is 242 g/mol. The first kappa shape index (κ1) is 12.9. The Morgan fingerprint density at radius 1 is 1.37 bits per heavy atom. The van der Waals surface area contributed by atoms with Crippen LogP contribution in [0.25, 0.3) is 0 Å². The smallest absolute Gasteiger partial charge is 0.262 e. The van der Waals surface area contributed by atoms with Gasteiger partial charge in [0.2, 0.25) is 0 Å². The summed E-state index contributed by atoms with van der Waals surface area (Å²) in [4.78, 5) is 15.6. The average Bonchev–Trinajstić information content (AvgIpc) is 2.38. The number of rotatable bonds is 4. The molecule has 1 amide bonds. The monoisotopic (exact) mass is 257 g/mol. The van der Waals surface area contributed by atoms with E-state index in [-0.39, 0.29) is 18.3 Å². The van der Waals surface area contributed by atoms with E-state index in [4.69, 9.17) is 10.5 Å². The van der Waals surface area contributed by atoms with Gasteiger partial charge in [-0.3, -0.25) is 4.79 Å². The number of benzene rings is 1. The van der Waals surface area contributed by atoms with Crippen LogP contribution < -0.4 is 15.8 Å². The van der Waals surface area contributed by atoms with Crippen LogP contribution in [0.5, 0.6) is 5.75 Å². The number of carbonyl (C=O) groups is 1. The first-order valence-corrected chi connectivity index (χ1v) is 5.85. The third-order valence-corrected chi connectivity index (χ3v) is 2.46. The molecular formula is C14H15N3O2. The fraction of sp³-hybridized carbons (Fsp3) is 0.143. The first-order valence-electron chi connectivity index (χ1n) is 5.85. The minimum Gasteiger partial charge on any atom is -0.480 e. The quantitative estimate of drug-likeness (QED) is 0.878. The highest BCUT2D eigenvalue weighted by Crippen LogP contribution is 2.16. The highest BCUT2D eigenvalue weighted by atomic mass is 16.5. The van der Waals surface area contributed by atoms with Crippen molar-refractivity contribution in [3.05, 3.63) is 48.2 Å². The molecule has 1 aromatic carbocycles. The third-order valence-electron chi connectivity index (χ3n) is 2.46. The first-order chi connectivity index (χ1) is 9.15. The van der Waals surface area contributed by atoms with Gasteiger partial charge >= 0.3 is 0 Å². The zero-order valence-corrected chi connectivity index (χ0v) is 10.6. The summed E-state index contributed by atoms with van der Waals surface area (Å²) in [6, 6.07) is 10.9. The molecule has 0 aliphatic rings. The molecule has 0 bridgehead atoms. The molecule has 5 nitrogen and oxygen atoms in total. The number of aromatic nitrogens is 1. The van der Waals surface area contributed by atoms with Crippen LogP contribution in [0.4, 0.5) is 11.5 Å². The largest absolute Gasteiger partial charge is 0.480 e. The van der Waals surface area contributed by atoms with Crippen molar-refractivity contribution in [3.63, 3.8) is 0 Å². The standard InChI is InChI=1S/C14H15N3O2/c1-10-4-2-5-11(8-10)17-13(18)9-19-12-6-3-7-16-14(12)15/h2-8H,9H2,1H3,(H2,15,16)(H,17,18). The van der Waals surface area contributed by atoms with Crippen molar-refractivity contribution in [2.24, 2.45) is 0 Å². The van der Waals surface area contributed by atoms with Crippen molar-refractivity contribution in [2.45, 2.75) is 6.92 Å². The molecule has 0 fully saturated rings. The number of aryl methyl sites for hydroxylation is 1. The minimum absolute atomic E-state index is 0.107. The minimum atomic E-state index is -0.242. The van der Waals surface area contributed by atoms with Crippen LogP contribution in [0.15, 0.2) is 42.6 Å². The summed E-state index contributed by atoms with van der Waals surface area (Å²) < 4.78 is 5.30. The van der Waals surface area contributed by atoms with Gasteiger partial charge in [0.05, 0.1) is 0 Å². The van der Waals surface area contributed by atoms with E-state index in [0.29, 0.717) is 5.75 Å². The Hall–Kier alpha value is -2.56. The summed E-state index contributed by atoms with van der Waals surface area (Å²) in [6.45, 7) is 1.85. The molecule has 98 valence electrons. The van der Waals surface area contributed by atoms with Crippen molar-refractivity contribution in [3.8, 4) is 5.75 Å². The lowest BCUT2D eigenvalue weighted by atomic mass is 10.2. The molecule has 1 heterocycles. The third kappa shape index (κ3) is 3.70. The Labute approximate surface area is 111 Å². The molecule has 2 aromatic rings. The second kappa shape index (κ2) is 5.86. The van der Waals surface area contributed by atoms with E-state index in [1.807, 2.05) is 31.2 Å². The van der Waals surface area contributed by atoms with Gasteiger partial charge in [-0.05, 0) is 36.8 Å². The van der Waals surface area contributed by atoms with Crippen molar-refractivity contribution in [2.75, 3.05) is 17.7 Å². The maximum atomic E-state index is 11.7. The van der Waals surface area contributed by atoms with Crippen LogP contribution in [0.3, 0.4) is 0 Å². The summed E-state index contributed by atoms with van der Waals surface area (Å²) in [5.74, 6) is 0.432. The lowest BCUT2D eigenvalue weighted by Gasteiger charge is -2.08. The van der Waals surface area contributed by atoms with E-state index < -0.39 is 0 Å². The second-order valence-corrected chi connectivity index (χ2v) is 4.09. The van der Waals surface area contributed by atoms with E-state index in [0.717, 1.165) is 11.3 Å². The predicted molar refractivity (Wildman–Crippen MR) is 74.0 cm³/mol. The topological polar surface area (TPSA) is 77.2 Å². The van der Waals surface area contributed by atoms with E-state index in [2.05, 4.69) is 10.3 Å². The van der Waals surface area contributed by atoms with Crippen molar-refractivity contribution in [1.82, 2.24) is 4.98 Å². The molecule has 19 heavy (non-hydrogen) atoms. The normalized spacial score (nSPS) is 9.95. The van der Waals surface area contributed by atoms with Gasteiger partial charge < -0.3 is 15.8 Å². The van der Waals surface area contributed by atoms with Crippen molar-refractivity contribution in [1.29, 1.82) is 0 Å². The lowest BCUT2D eigenvalue weighted by molar-refractivity contribution is -0.118. The molecule has 0 spiro atoms. The average molecular weight is 257 g/mol. The number of anilines is 2. The van der Waals surface area contributed by atoms with Crippen LogP contribution in [0, 0.1) is 6.92 Å². The van der Waals surface area contributed by atoms with Crippen LogP contribution in [-0.4, -0.2) is 17.5 Å². The van der Waals surface area contributed by atoms with Gasteiger partial charge in [-0.1, -0.05) is 12.1 Å². The van der Waals surface area contributed by atoms with Crippen LogP contribution in [-0.2, 0) is 4.79 Å². The number of nitrogen functional groups attached to an aromatic ring is 1. The number of nitrogens with one attached hydrogen (secondary N) is 1. The van der Waals surface area contributed by atoms with Crippen LogP contribution in [0.2, 0.25) is 0 Å². The predicted octanol–water partition coefficient (Wildman–Crippen LogP) is 1.99. The van der Waals surface area contributed by atoms with Crippen LogP contribution >= 0.6 is 0 Å². The SMILES string of the molecule is Cc1cccc(NC(=O)COc2cccnc2N)c1. The number of hydrogen-bond donors (Lipinski definition) is 2. The molecule has 3 N–H and O–H groups in total. The molecule has 0 saturated heterocycles. The van der Waals surface area contributed by atoms with Gasteiger partial charge in [-0.15, -0.1) is 0 Å². The van der Waals surface area contributed by atoms with Crippen LogP contribution in [0.1, 0.15) is 5.56 Å². The summed E-state index contributed by atoms with van der Waals surface area (Å²) in [5.41, 5.74) is 7.43.